The fourth-order valence-electron chi connectivity index (χ4n) is 2.31. The molecule has 1 aliphatic heterocycles. The smallest absolute Gasteiger partial charge is 0.332 e. The number of aliphatic imine (C=N–C) groups is 1. The Balaban J connectivity index is 1.45. The Labute approximate surface area is 146 Å². The summed E-state index contributed by atoms with van der Waals surface area (Å²) in [6.07, 6.45) is 3.38. The van der Waals surface area contributed by atoms with Gasteiger partial charge in [-0.2, -0.15) is 0 Å². The molecular formula is C17H13N3O2S2. The minimum Gasteiger partial charge on any atom is -0.459 e. The maximum absolute atomic E-state index is 12.2. The van der Waals surface area contributed by atoms with Crippen LogP contribution in [0.1, 0.15) is 10.6 Å². The third-order valence-electron chi connectivity index (χ3n) is 3.50. The third-order valence-corrected chi connectivity index (χ3v) is 5.73. The maximum atomic E-state index is 12.2. The number of nitrogens with zero attached hydrogens (tertiary/aromatic N) is 3. The van der Waals surface area contributed by atoms with Gasteiger partial charge in [0.15, 0.2) is 6.04 Å². The molecule has 1 aliphatic rings. The third kappa shape index (κ3) is 3.18. The van der Waals surface area contributed by atoms with Crippen molar-refractivity contribution in [1.29, 1.82) is 0 Å². The Morgan fingerprint density at radius 3 is 3.00 bits per heavy atom. The molecule has 3 heterocycles. The minimum absolute atomic E-state index is 0.222. The average Bonchev–Trinajstić information content (AvgIpc) is 3.27. The maximum Gasteiger partial charge on any atom is 0.332 e. The molecule has 0 bridgehead atoms. The van der Waals surface area contributed by atoms with E-state index in [1.807, 2.05) is 36.4 Å². The Bertz CT molecular complexity index is 875. The van der Waals surface area contributed by atoms with E-state index in [0.29, 0.717) is 5.75 Å². The molecule has 7 heteroatoms. The molecule has 1 atom stereocenters. The number of benzene rings is 1. The van der Waals surface area contributed by atoms with Crippen LogP contribution in [0, 0.1) is 0 Å². The number of thioether (sulfide) groups is 1. The molecule has 2 aromatic heterocycles. The Kier molecular flexibility index (Phi) is 4.27. The highest BCUT2D eigenvalue weighted by atomic mass is 32.2. The molecule has 24 heavy (non-hydrogen) atoms. The lowest BCUT2D eigenvalue weighted by molar-refractivity contribution is -0.145. The van der Waals surface area contributed by atoms with E-state index in [2.05, 4.69) is 15.0 Å². The van der Waals surface area contributed by atoms with Crippen molar-refractivity contribution in [3.8, 4) is 0 Å². The molecule has 0 fully saturated rings. The SMILES string of the molecule is O=C(OCc1cccnc1)[C@H]1CSC(c2nc3ccccc3s2)=N1. The van der Waals surface area contributed by atoms with Crippen LogP contribution in [-0.4, -0.2) is 32.8 Å². The van der Waals surface area contributed by atoms with Gasteiger partial charge in [-0.1, -0.05) is 18.2 Å². The van der Waals surface area contributed by atoms with Gasteiger partial charge in [0.25, 0.3) is 0 Å². The van der Waals surface area contributed by atoms with Gasteiger partial charge in [-0.25, -0.2) is 9.78 Å². The number of rotatable bonds is 4. The molecule has 0 spiro atoms. The Morgan fingerprint density at radius 2 is 2.17 bits per heavy atom. The summed E-state index contributed by atoms with van der Waals surface area (Å²) in [5, 5.41) is 1.68. The quantitative estimate of drug-likeness (QED) is 0.672. The molecule has 0 aliphatic carbocycles. The van der Waals surface area contributed by atoms with Crippen molar-refractivity contribution in [3.05, 3.63) is 59.4 Å². The van der Waals surface area contributed by atoms with E-state index in [9.17, 15) is 4.79 Å². The van der Waals surface area contributed by atoms with E-state index in [0.717, 1.165) is 25.8 Å². The van der Waals surface area contributed by atoms with Gasteiger partial charge >= 0.3 is 5.97 Å². The van der Waals surface area contributed by atoms with Crippen molar-refractivity contribution in [2.75, 3.05) is 5.75 Å². The second kappa shape index (κ2) is 6.70. The minimum atomic E-state index is -0.464. The Morgan fingerprint density at radius 1 is 1.25 bits per heavy atom. The van der Waals surface area contributed by atoms with Crippen LogP contribution in [0.15, 0.2) is 53.8 Å². The lowest BCUT2D eigenvalue weighted by Crippen LogP contribution is -2.21. The van der Waals surface area contributed by atoms with Crippen LogP contribution >= 0.6 is 23.1 Å². The number of esters is 1. The number of pyridine rings is 1. The first-order valence-electron chi connectivity index (χ1n) is 7.42. The number of fused-ring (bicyclic) bond motifs is 1. The summed E-state index contributed by atoms with van der Waals surface area (Å²) in [6, 6.07) is 11.2. The zero-order chi connectivity index (χ0) is 16.4. The first kappa shape index (κ1) is 15.3. The molecule has 0 unspecified atom stereocenters. The zero-order valence-corrected chi connectivity index (χ0v) is 14.2. The summed E-state index contributed by atoms with van der Waals surface area (Å²) in [7, 11) is 0. The van der Waals surface area contributed by atoms with Crippen LogP contribution < -0.4 is 0 Å². The van der Waals surface area contributed by atoms with Crippen molar-refractivity contribution in [3.63, 3.8) is 0 Å². The van der Waals surface area contributed by atoms with Gasteiger partial charge < -0.3 is 4.74 Å². The standard InChI is InChI=1S/C17H13N3O2S2/c21-17(22-9-11-4-3-7-18-8-11)13-10-23-15(20-13)16-19-12-5-1-2-6-14(12)24-16/h1-8,13H,9-10H2/t13-/m1/s1. The molecule has 0 N–H and O–H groups in total. The average molecular weight is 355 g/mol. The molecular weight excluding hydrogens is 342 g/mol. The molecule has 5 nitrogen and oxygen atoms in total. The molecule has 0 saturated carbocycles. The predicted octanol–water partition coefficient (Wildman–Crippen LogP) is 3.30. The lowest BCUT2D eigenvalue weighted by Gasteiger charge is -2.06. The number of carbonyl (C=O) groups is 1. The molecule has 1 aromatic carbocycles. The fraction of sp³-hybridized carbons (Fsp3) is 0.176. The van der Waals surface area contributed by atoms with Crippen molar-refractivity contribution >= 4 is 44.3 Å². The van der Waals surface area contributed by atoms with Crippen LogP contribution in [-0.2, 0) is 16.1 Å². The van der Waals surface area contributed by atoms with Crippen LogP contribution in [0.2, 0.25) is 0 Å². The van der Waals surface area contributed by atoms with Crippen molar-refractivity contribution in [2.24, 2.45) is 4.99 Å². The summed E-state index contributed by atoms with van der Waals surface area (Å²) in [4.78, 5) is 25.3. The van der Waals surface area contributed by atoms with Gasteiger partial charge in [0, 0.05) is 23.7 Å². The van der Waals surface area contributed by atoms with Gasteiger partial charge in [-0.05, 0) is 18.2 Å². The normalized spacial score (nSPS) is 17.0. The van der Waals surface area contributed by atoms with Crippen LogP contribution in [0.25, 0.3) is 10.2 Å². The van der Waals surface area contributed by atoms with Gasteiger partial charge in [0.05, 0.1) is 10.2 Å². The lowest BCUT2D eigenvalue weighted by atomic mass is 10.3. The number of thiazole rings is 1. The highest BCUT2D eigenvalue weighted by molar-refractivity contribution is 8.15. The van der Waals surface area contributed by atoms with E-state index in [1.54, 1.807) is 35.5 Å². The summed E-state index contributed by atoms with van der Waals surface area (Å²) >= 11 is 3.15. The summed E-state index contributed by atoms with van der Waals surface area (Å²) in [5.74, 6) is 0.291. The molecule has 3 aromatic rings. The predicted molar refractivity (Wildman–Crippen MR) is 96.4 cm³/mol. The van der Waals surface area contributed by atoms with Crippen LogP contribution in [0.4, 0.5) is 0 Å². The van der Waals surface area contributed by atoms with Crippen LogP contribution in [0.3, 0.4) is 0 Å². The van der Waals surface area contributed by atoms with Gasteiger partial charge in [0.2, 0.25) is 0 Å². The second-order valence-electron chi connectivity index (χ2n) is 5.22. The van der Waals surface area contributed by atoms with Crippen molar-refractivity contribution < 1.29 is 9.53 Å². The van der Waals surface area contributed by atoms with E-state index in [4.69, 9.17) is 4.74 Å². The molecule has 4 rings (SSSR count). The largest absolute Gasteiger partial charge is 0.459 e. The van der Waals surface area contributed by atoms with E-state index >= 15 is 0 Å². The first-order valence-corrected chi connectivity index (χ1v) is 9.22. The number of hydrogen-bond acceptors (Lipinski definition) is 7. The van der Waals surface area contributed by atoms with E-state index in [1.165, 1.54) is 0 Å². The van der Waals surface area contributed by atoms with Crippen molar-refractivity contribution in [2.45, 2.75) is 12.6 Å². The second-order valence-corrected chi connectivity index (χ2v) is 7.26. The number of hydrogen-bond donors (Lipinski definition) is 0. The number of ether oxygens (including phenoxy) is 1. The Hall–Kier alpha value is -2.25. The van der Waals surface area contributed by atoms with Gasteiger partial charge in [-0.15, -0.1) is 23.1 Å². The number of aromatic nitrogens is 2. The molecule has 0 amide bonds. The van der Waals surface area contributed by atoms with E-state index < -0.39 is 6.04 Å². The molecule has 0 radical (unpaired) electrons. The summed E-state index contributed by atoms with van der Waals surface area (Å²) in [5.41, 5.74) is 1.83. The van der Waals surface area contributed by atoms with Gasteiger partial charge in [-0.3, -0.25) is 9.98 Å². The van der Waals surface area contributed by atoms with Crippen LogP contribution in [0.5, 0.6) is 0 Å². The summed E-state index contributed by atoms with van der Waals surface area (Å²) < 4.78 is 6.46. The fourth-order valence-corrected chi connectivity index (χ4v) is 4.37. The monoisotopic (exact) mass is 355 g/mol. The highest BCUT2D eigenvalue weighted by Crippen LogP contribution is 2.29. The highest BCUT2D eigenvalue weighted by Gasteiger charge is 2.28. The topological polar surface area (TPSA) is 64.4 Å². The summed E-state index contributed by atoms with van der Waals surface area (Å²) in [6.45, 7) is 0.222. The first-order chi connectivity index (χ1) is 11.8. The van der Waals surface area contributed by atoms with Gasteiger partial charge in [0.1, 0.15) is 16.7 Å². The molecule has 120 valence electrons. The van der Waals surface area contributed by atoms with E-state index in [-0.39, 0.29) is 12.6 Å². The number of carbonyl (C=O) groups excluding carboxylic acids is 1. The molecule has 0 saturated heterocycles. The number of para-hydroxylation sites is 1. The van der Waals surface area contributed by atoms with Crippen molar-refractivity contribution in [1.82, 2.24) is 9.97 Å². The zero-order valence-electron chi connectivity index (χ0n) is 12.6.